The summed E-state index contributed by atoms with van der Waals surface area (Å²) < 4.78 is 0. The Labute approximate surface area is 235 Å². The van der Waals surface area contributed by atoms with Gasteiger partial charge in [-0.15, -0.1) is 0 Å². The first-order valence-electron chi connectivity index (χ1n) is 13.9. The molecule has 1 atom stereocenters. The Morgan fingerprint density at radius 1 is 1.10 bits per heavy atom. The first-order chi connectivity index (χ1) is 19.2. The molecule has 1 aromatic carbocycles. The molecule has 0 radical (unpaired) electrons. The van der Waals surface area contributed by atoms with E-state index < -0.39 is 0 Å². The lowest BCUT2D eigenvalue weighted by Crippen LogP contribution is -2.32. The fraction of sp³-hybridized carbons (Fsp3) is 0.433. The molecule has 1 fully saturated rings. The number of pyridine rings is 1. The van der Waals surface area contributed by atoms with Crippen molar-refractivity contribution in [3.63, 3.8) is 0 Å². The Kier molecular flexibility index (Phi) is 7.97. The number of fused-ring (bicyclic) bond motifs is 1. The highest BCUT2D eigenvalue weighted by molar-refractivity contribution is 6.08. The van der Waals surface area contributed by atoms with Crippen LogP contribution in [0, 0.1) is 0 Å². The van der Waals surface area contributed by atoms with Gasteiger partial charge in [0.1, 0.15) is 5.82 Å². The van der Waals surface area contributed by atoms with Crippen LogP contribution in [0.1, 0.15) is 61.6 Å². The highest BCUT2D eigenvalue weighted by atomic mass is 16.2. The van der Waals surface area contributed by atoms with E-state index in [0.717, 1.165) is 29.9 Å². The van der Waals surface area contributed by atoms with Gasteiger partial charge in [0.25, 0.3) is 5.91 Å². The van der Waals surface area contributed by atoms with Crippen molar-refractivity contribution in [2.45, 2.75) is 58.0 Å². The van der Waals surface area contributed by atoms with Crippen LogP contribution in [-0.4, -0.2) is 64.4 Å². The van der Waals surface area contributed by atoms with Gasteiger partial charge in [-0.25, -0.2) is 15.0 Å². The molecule has 3 aromatic rings. The summed E-state index contributed by atoms with van der Waals surface area (Å²) in [7, 11) is 2.18. The molecule has 2 aliphatic rings. The number of benzene rings is 1. The predicted molar refractivity (Wildman–Crippen MR) is 158 cm³/mol. The zero-order chi connectivity index (χ0) is 28.3. The predicted octanol–water partition coefficient (Wildman–Crippen LogP) is 4.28. The molecule has 0 saturated carbocycles. The molecule has 1 unspecified atom stereocenters. The first-order valence-corrected chi connectivity index (χ1v) is 13.9. The summed E-state index contributed by atoms with van der Waals surface area (Å²) in [4.78, 5) is 43.1. The molecule has 3 N–H and O–H groups in total. The van der Waals surface area contributed by atoms with Gasteiger partial charge in [-0.2, -0.15) is 0 Å². The van der Waals surface area contributed by atoms with Gasteiger partial charge in [-0.05, 0) is 68.8 Å². The Bertz CT molecular complexity index is 1390. The van der Waals surface area contributed by atoms with Crippen molar-refractivity contribution < 1.29 is 9.59 Å². The van der Waals surface area contributed by atoms with Crippen molar-refractivity contribution in [2.75, 3.05) is 47.5 Å². The van der Waals surface area contributed by atoms with Gasteiger partial charge in [-0.1, -0.05) is 19.9 Å². The van der Waals surface area contributed by atoms with E-state index in [1.165, 1.54) is 19.4 Å². The Balaban J connectivity index is 1.22. The molecule has 5 rings (SSSR count). The van der Waals surface area contributed by atoms with Gasteiger partial charge in [-0.3, -0.25) is 9.59 Å². The summed E-state index contributed by atoms with van der Waals surface area (Å²) in [5.41, 5.74) is 3.61. The van der Waals surface area contributed by atoms with E-state index in [0.29, 0.717) is 42.1 Å². The maximum absolute atomic E-state index is 13.3. The number of hydrogen-bond donors (Lipinski definition) is 3. The van der Waals surface area contributed by atoms with E-state index in [4.69, 9.17) is 0 Å². The summed E-state index contributed by atoms with van der Waals surface area (Å²) in [6.45, 7) is 8.79. The van der Waals surface area contributed by atoms with Crippen LogP contribution in [0.3, 0.4) is 0 Å². The van der Waals surface area contributed by atoms with E-state index in [2.05, 4.69) is 56.7 Å². The van der Waals surface area contributed by atoms with Crippen LogP contribution in [-0.2, 0) is 16.8 Å². The zero-order valence-corrected chi connectivity index (χ0v) is 23.7. The number of likely N-dealkylation sites (tertiary alicyclic amines) is 1. The number of anilines is 4. The van der Waals surface area contributed by atoms with Crippen LogP contribution in [0.25, 0.3) is 0 Å². The minimum Gasteiger partial charge on any atom is -0.364 e. The van der Waals surface area contributed by atoms with E-state index in [1.54, 1.807) is 36.4 Å². The lowest BCUT2D eigenvalue weighted by molar-refractivity contribution is -0.116. The number of carbonyl (C=O) groups excluding carboxylic acids is 2. The first kappa shape index (κ1) is 27.5. The third-order valence-corrected chi connectivity index (χ3v) is 7.84. The number of carbonyl (C=O) groups is 2. The van der Waals surface area contributed by atoms with E-state index >= 15 is 0 Å². The zero-order valence-electron chi connectivity index (χ0n) is 23.7. The van der Waals surface area contributed by atoms with Crippen LogP contribution in [0.4, 0.5) is 23.1 Å². The number of aromatic nitrogens is 3. The Hall–Kier alpha value is -4.05. The quantitative estimate of drug-likeness (QED) is 0.367. The number of nitrogens with one attached hydrogen (secondary N) is 3. The molecule has 10 nitrogen and oxygen atoms in total. The van der Waals surface area contributed by atoms with Crippen molar-refractivity contribution in [2.24, 2.45) is 0 Å². The van der Waals surface area contributed by atoms with Crippen molar-refractivity contribution in [3.05, 3.63) is 65.6 Å². The fourth-order valence-corrected chi connectivity index (χ4v) is 5.63. The molecule has 0 spiro atoms. The molecule has 0 aliphatic carbocycles. The standard InChI is InChI=1S/C30H38N8O2/c1-20(39)38-19-30(2,3)25-10-9-21(17-26(25)38)35-28(40)24-8-5-13-31-27(24)34-18-22-11-14-32-29(36-22)33-15-12-23-7-6-16-37(23)4/h5,8-11,13-14,17,23H,6-7,12,15-16,18-19H2,1-4H3,(H,31,34)(H,35,40)(H,32,33,36). The van der Waals surface area contributed by atoms with Crippen molar-refractivity contribution in [3.8, 4) is 0 Å². The lowest BCUT2D eigenvalue weighted by atomic mass is 9.87. The van der Waals surface area contributed by atoms with Crippen LogP contribution in [0.15, 0.2) is 48.8 Å². The van der Waals surface area contributed by atoms with Gasteiger partial charge in [0.05, 0.1) is 17.8 Å². The molecule has 2 aliphatic heterocycles. The van der Waals surface area contributed by atoms with Gasteiger partial charge < -0.3 is 25.8 Å². The third kappa shape index (κ3) is 6.07. The molecule has 210 valence electrons. The van der Waals surface area contributed by atoms with Crippen LogP contribution >= 0.6 is 0 Å². The number of hydrogen-bond acceptors (Lipinski definition) is 8. The van der Waals surface area contributed by atoms with Gasteiger partial charge in [0.15, 0.2) is 0 Å². The second-order valence-corrected chi connectivity index (χ2v) is 11.3. The molecule has 2 aromatic heterocycles. The molecule has 10 heteroatoms. The fourth-order valence-electron chi connectivity index (χ4n) is 5.63. The largest absolute Gasteiger partial charge is 0.364 e. The van der Waals surface area contributed by atoms with Gasteiger partial charge >= 0.3 is 0 Å². The maximum Gasteiger partial charge on any atom is 0.259 e. The molecule has 1 saturated heterocycles. The SMILES string of the molecule is CC(=O)N1CC(C)(C)c2ccc(NC(=O)c3cccnc3NCc3ccnc(NCCC4CCCN4C)n3)cc21. The minimum atomic E-state index is -0.288. The molecular weight excluding hydrogens is 504 g/mol. The van der Waals surface area contributed by atoms with Crippen molar-refractivity contribution >= 4 is 35.0 Å². The summed E-state index contributed by atoms with van der Waals surface area (Å²) >= 11 is 0. The monoisotopic (exact) mass is 542 g/mol. The molecule has 2 amide bonds. The highest BCUT2D eigenvalue weighted by Gasteiger charge is 2.37. The Morgan fingerprint density at radius 2 is 1.95 bits per heavy atom. The van der Waals surface area contributed by atoms with Crippen LogP contribution in [0.2, 0.25) is 0 Å². The van der Waals surface area contributed by atoms with Gasteiger partial charge in [0, 0.05) is 55.2 Å². The lowest BCUT2D eigenvalue weighted by Gasteiger charge is -2.19. The normalized spacial score (nSPS) is 17.9. The second-order valence-electron chi connectivity index (χ2n) is 11.3. The summed E-state index contributed by atoms with van der Waals surface area (Å²) in [6, 6.07) is 11.7. The van der Waals surface area contributed by atoms with Crippen molar-refractivity contribution in [1.82, 2.24) is 19.9 Å². The second kappa shape index (κ2) is 11.6. The van der Waals surface area contributed by atoms with E-state index in [-0.39, 0.29) is 17.2 Å². The molecular formula is C30H38N8O2. The van der Waals surface area contributed by atoms with Crippen LogP contribution < -0.4 is 20.9 Å². The maximum atomic E-state index is 13.3. The summed E-state index contributed by atoms with van der Waals surface area (Å²) in [5, 5.41) is 9.57. The smallest absolute Gasteiger partial charge is 0.259 e. The molecule has 40 heavy (non-hydrogen) atoms. The molecule has 4 heterocycles. The average molecular weight is 543 g/mol. The van der Waals surface area contributed by atoms with Gasteiger partial charge in [0.2, 0.25) is 11.9 Å². The third-order valence-electron chi connectivity index (χ3n) is 7.84. The van der Waals surface area contributed by atoms with E-state index in [9.17, 15) is 9.59 Å². The van der Waals surface area contributed by atoms with Crippen LogP contribution in [0.5, 0.6) is 0 Å². The summed E-state index contributed by atoms with van der Waals surface area (Å²) in [6.07, 6.45) is 6.94. The number of nitrogens with zero attached hydrogens (tertiary/aromatic N) is 5. The average Bonchev–Trinajstić information content (AvgIpc) is 3.47. The van der Waals surface area contributed by atoms with Crippen molar-refractivity contribution in [1.29, 1.82) is 0 Å². The number of amides is 2. The topological polar surface area (TPSA) is 115 Å². The summed E-state index contributed by atoms with van der Waals surface area (Å²) in [5.74, 6) is 0.756. The number of rotatable bonds is 9. The van der Waals surface area contributed by atoms with E-state index in [1.807, 2.05) is 24.3 Å². The minimum absolute atomic E-state index is 0.0152. The molecule has 0 bridgehead atoms. The highest BCUT2D eigenvalue weighted by Crippen LogP contribution is 2.41. The Morgan fingerprint density at radius 3 is 2.73 bits per heavy atom.